The second-order valence-electron chi connectivity index (χ2n) is 9.94. The molecule has 1 atom stereocenters. The van der Waals surface area contributed by atoms with Crippen LogP contribution in [0.25, 0.3) is 0 Å². The molecule has 0 aromatic rings. The molecule has 0 rings (SSSR count). The number of nitrogens with two attached hydrogens (primary N) is 1. The van der Waals surface area contributed by atoms with Gasteiger partial charge in [-0.15, -0.1) is 0 Å². The van der Waals surface area contributed by atoms with Gasteiger partial charge in [0.2, 0.25) is 5.91 Å². The van der Waals surface area contributed by atoms with Gasteiger partial charge in [0.1, 0.15) is 11.6 Å². The minimum Gasteiger partial charge on any atom is -0.459 e. The number of rotatable bonds is 20. The molecule has 5 nitrogen and oxygen atoms in total. The Morgan fingerprint density at radius 3 is 1.68 bits per heavy atom. The van der Waals surface area contributed by atoms with Gasteiger partial charge in [0, 0.05) is 13.0 Å². The fourth-order valence-corrected chi connectivity index (χ4v) is 3.15. The number of esters is 1. The Hall–Kier alpha value is -2.66. The second kappa shape index (κ2) is 23.7. The van der Waals surface area contributed by atoms with Crippen LogP contribution in [0.2, 0.25) is 0 Å². The van der Waals surface area contributed by atoms with Gasteiger partial charge in [-0.2, -0.15) is 0 Å². The molecule has 0 bridgehead atoms. The van der Waals surface area contributed by atoms with Crippen molar-refractivity contribution in [1.82, 2.24) is 5.32 Å². The topological polar surface area (TPSA) is 81.4 Å². The molecule has 0 unspecified atom stereocenters. The lowest BCUT2D eigenvalue weighted by molar-refractivity contribution is -0.156. The molecule has 5 heteroatoms. The molecule has 0 aliphatic rings. The Bertz CT molecular complexity index is 767. The zero-order valence-corrected chi connectivity index (χ0v) is 23.8. The smallest absolute Gasteiger partial charge is 0.323 e. The third-order valence-corrected chi connectivity index (χ3v) is 5.11. The number of carbonyl (C=O) groups is 2. The van der Waals surface area contributed by atoms with E-state index >= 15 is 0 Å². The minimum absolute atomic E-state index is 0.0518. The first kappa shape index (κ1) is 34.3. The van der Waals surface area contributed by atoms with E-state index in [-0.39, 0.29) is 11.9 Å². The molecule has 0 aliphatic heterocycles. The Morgan fingerprint density at radius 2 is 1.22 bits per heavy atom. The standard InChI is InChI=1S/C32H52N2O3/c1-5-6-7-8-9-10-11-12-13-14-15-16-17-18-19-20-21-22-23-27-30(35)34-28-25-24-26-29(33)31(36)37-32(2,3)4/h6-7,9-10,12-13,15-16,18-19,21-22,29H,5,8,11,14,17,20,23-28,33H2,1-4H3,(H,34,35)/t29-/m0/s1. The van der Waals surface area contributed by atoms with E-state index in [2.05, 4.69) is 85.2 Å². The summed E-state index contributed by atoms with van der Waals surface area (Å²) >= 11 is 0. The van der Waals surface area contributed by atoms with Crippen molar-refractivity contribution in [2.45, 2.75) is 110 Å². The summed E-state index contributed by atoms with van der Waals surface area (Å²) in [4.78, 5) is 23.8. The summed E-state index contributed by atoms with van der Waals surface area (Å²) in [5, 5.41) is 2.92. The number of carbonyl (C=O) groups excluding carboxylic acids is 2. The van der Waals surface area contributed by atoms with Crippen LogP contribution in [0.3, 0.4) is 0 Å². The van der Waals surface area contributed by atoms with E-state index in [0.717, 1.165) is 57.8 Å². The van der Waals surface area contributed by atoms with Crippen LogP contribution in [0.1, 0.15) is 98.3 Å². The lowest BCUT2D eigenvalue weighted by Gasteiger charge is -2.22. The highest BCUT2D eigenvalue weighted by Gasteiger charge is 2.21. The quantitative estimate of drug-likeness (QED) is 0.101. The fourth-order valence-electron chi connectivity index (χ4n) is 3.15. The molecule has 0 saturated heterocycles. The number of hydrogen-bond acceptors (Lipinski definition) is 4. The van der Waals surface area contributed by atoms with Gasteiger partial charge < -0.3 is 15.8 Å². The van der Waals surface area contributed by atoms with E-state index in [4.69, 9.17) is 10.5 Å². The molecule has 0 saturated carbocycles. The molecule has 0 aromatic carbocycles. The van der Waals surface area contributed by atoms with Gasteiger partial charge in [0.05, 0.1) is 0 Å². The van der Waals surface area contributed by atoms with Gasteiger partial charge in [-0.3, -0.25) is 9.59 Å². The maximum atomic E-state index is 11.9. The van der Waals surface area contributed by atoms with Gasteiger partial charge in [0.25, 0.3) is 0 Å². The number of amides is 1. The molecule has 0 heterocycles. The molecule has 208 valence electrons. The fraction of sp³-hybridized carbons (Fsp3) is 0.562. The van der Waals surface area contributed by atoms with Crippen LogP contribution in [-0.4, -0.2) is 30.1 Å². The molecule has 1 amide bonds. The monoisotopic (exact) mass is 512 g/mol. The third kappa shape index (κ3) is 26.2. The van der Waals surface area contributed by atoms with Gasteiger partial charge >= 0.3 is 5.97 Å². The van der Waals surface area contributed by atoms with E-state index in [0.29, 0.717) is 19.4 Å². The molecule has 0 fully saturated rings. The third-order valence-electron chi connectivity index (χ3n) is 5.11. The largest absolute Gasteiger partial charge is 0.459 e. The van der Waals surface area contributed by atoms with Crippen molar-refractivity contribution in [3.63, 3.8) is 0 Å². The number of allylic oxidation sites excluding steroid dienone is 12. The minimum atomic E-state index is -0.608. The van der Waals surface area contributed by atoms with Gasteiger partial charge in [-0.05, 0) is 85.0 Å². The summed E-state index contributed by atoms with van der Waals surface area (Å²) in [5.74, 6) is -0.316. The zero-order valence-electron chi connectivity index (χ0n) is 23.8. The molecule has 37 heavy (non-hydrogen) atoms. The summed E-state index contributed by atoms with van der Waals surface area (Å²) in [7, 11) is 0. The Labute approximate surface area is 226 Å². The molecular weight excluding hydrogens is 460 g/mol. The van der Waals surface area contributed by atoms with E-state index in [1.54, 1.807) is 0 Å². The average Bonchev–Trinajstić information content (AvgIpc) is 2.84. The maximum absolute atomic E-state index is 11.9. The number of ether oxygens (including phenoxy) is 1. The molecule has 0 spiro atoms. The number of unbranched alkanes of at least 4 members (excludes halogenated alkanes) is 1. The summed E-state index contributed by atoms with van der Waals surface area (Å²) < 4.78 is 5.27. The van der Waals surface area contributed by atoms with Crippen LogP contribution in [0, 0.1) is 0 Å². The lowest BCUT2D eigenvalue weighted by Crippen LogP contribution is -2.37. The van der Waals surface area contributed by atoms with Crippen molar-refractivity contribution in [2.75, 3.05) is 6.54 Å². The SMILES string of the molecule is CCC=CCC=CCC=CCC=CCC=CCC=CCCC(=O)NCCCC[C@H](N)C(=O)OC(C)(C)C. The highest BCUT2D eigenvalue weighted by Crippen LogP contribution is 2.10. The first-order valence-corrected chi connectivity index (χ1v) is 13.9. The van der Waals surface area contributed by atoms with Crippen molar-refractivity contribution < 1.29 is 14.3 Å². The van der Waals surface area contributed by atoms with Crippen LogP contribution in [0.15, 0.2) is 72.9 Å². The lowest BCUT2D eigenvalue weighted by atomic mass is 10.1. The average molecular weight is 513 g/mol. The van der Waals surface area contributed by atoms with E-state index in [1.165, 1.54) is 0 Å². The Morgan fingerprint density at radius 1 is 0.757 bits per heavy atom. The van der Waals surface area contributed by atoms with Crippen LogP contribution < -0.4 is 11.1 Å². The number of hydrogen-bond donors (Lipinski definition) is 2. The van der Waals surface area contributed by atoms with Gasteiger partial charge in [0.15, 0.2) is 0 Å². The Kier molecular flexibility index (Phi) is 22.0. The summed E-state index contributed by atoms with van der Waals surface area (Å²) in [6, 6.07) is -0.608. The Balaban J connectivity index is 3.67. The normalized spacial score (nSPS) is 13.8. The molecule has 0 aliphatic carbocycles. The molecular formula is C32H52N2O3. The van der Waals surface area contributed by atoms with E-state index < -0.39 is 11.6 Å². The molecule has 0 aromatic heterocycles. The van der Waals surface area contributed by atoms with Gasteiger partial charge in [-0.25, -0.2) is 0 Å². The summed E-state index contributed by atoms with van der Waals surface area (Å²) in [5.41, 5.74) is 5.35. The highest BCUT2D eigenvalue weighted by molar-refractivity contribution is 5.76. The predicted molar refractivity (Wildman–Crippen MR) is 158 cm³/mol. The zero-order chi connectivity index (χ0) is 27.6. The first-order chi connectivity index (χ1) is 17.8. The van der Waals surface area contributed by atoms with Crippen molar-refractivity contribution >= 4 is 11.9 Å². The van der Waals surface area contributed by atoms with Crippen LogP contribution in [0.5, 0.6) is 0 Å². The molecule has 0 radical (unpaired) electrons. The van der Waals surface area contributed by atoms with Crippen LogP contribution in [0.4, 0.5) is 0 Å². The first-order valence-electron chi connectivity index (χ1n) is 13.9. The maximum Gasteiger partial charge on any atom is 0.323 e. The van der Waals surface area contributed by atoms with Crippen molar-refractivity contribution in [3.8, 4) is 0 Å². The van der Waals surface area contributed by atoms with Crippen molar-refractivity contribution in [2.24, 2.45) is 5.73 Å². The second-order valence-corrected chi connectivity index (χ2v) is 9.94. The molecule has 3 N–H and O–H groups in total. The van der Waals surface area contributed by atoms with Crippen LogP contribution >= 0.6 is 0 Å². The van der Waals surface area contributed by atoms with Crippen molar-refractivity contribution in [3.05, 3.63) is 72.9 Å². The van der Waals surface area contributed by atoms with E-state index in [1.807, 2.05) is 20.8 Å². The van der Waals surface area contributed by atoms with Gasteiger partial charge in [-0.1, -0.05) is 79.8 Å². The summed E-state index contributed by atoms with van der Waals surface area (Å²) in [6.07, 6.45) is 35.3. The predicted octanol–water partition coefficient (Wildman–Crippen LogP) is 7.42. The summed E-state index contributed by atoms with van der Waals surface area (Å²) in [6.45, 7) is 8.23. The van der Waals surface area contributed by atoms with E-state index in [9.17, 15) is 9.59 Å². The van der Waals surface area contributed by atoms with Crippen molar-refractivity contribution in [1.29, 1.82) is 0 Å². The van der Waals surface area contributed by atoms with Crippen LogP contribution in [-0.2, 0) is 14.3 Å². The highest BCUT2D eigenvalue weighted by atomic mass is 16.6. The number of nitrogens with one attached hydrogen (secondary N) is 1.